The number of carbonyl (C=O) groups excluding carboxylic acids is 1. The number of ether oxygens (including phenoxy) is 1. The van der Waals surface area contributed by atoms with Gasteiger partial charge in [0.2, 0.25) is 0 Å². The molecule has 22 heavy (non-hydrogen) atoms. The quantitative estimate of drug-likeness (QED) is 0.577. The number of nitrogens with zero attached hydrogens (tertiary/aromatic N) is 2. The summed E-state index contributed by atoms with van der Waals surface area (Å²) >= 11 is 0. The van der Waals surface area contributed by atoms with Gasteiger partial charge >= 0.3 is 18.0 Å². The third-order valence-electron chi connectivity index (χ3n) is 2.68. The molecule has 0 aromatic heterocycles. The lowest BCUT2D eigenvalue weighted by atomic mass is 10.3. The molecular formula is C13H22N2O7. The molecule has 1 rings (SSSR count). The van der Waals surface area contributed by atoms with Crippen LogP contribution in [0.4, 0.5) is 4.79 Å². The maximum absolute atomic E-state index is 11.3. The van der Waals surface area contributed by atoms with Crippen molar-refractivity contribution in [2.24, 2.45) is 0 Å². The topological polar surface area (TPSA) is 128 Å². The molecule has 9 heteroatoms. The molecule has 0 atom stereocenters. The van der Waals surface area contributed by atoms with E-state index in [1.165, 1.54) is 0 Å². The van der Waals surface area contributed by atoms with Gasteiger partial charge in [0.15, 0.2) is 0 Å². The summed E-state index contributed by atoms with van der Waals surface area (Å²) in [6.07, 6.45) is 0.890. The number of piperazine rings is 1. The zero-order chi connectivity index (χ0) is 17.0. The summed E-state index contributed by atoms with van der Waals surface area (Å²) < 4.78 is 4.90. The van der Waals surface area contributed by atoms with Gasteiger partial charge in [0.1, 0.15) is 0 Å². The fourth-order valence-corrected chi connectivity index (χ4v) is 1.65. The summed E-state index contributed by atoms with van der Waals surface area (Å²) in [4.78, 5) is 34.2. The first-order chi connectivity index (χ1) is 10.4. The number of carboxylic acids is 2. The van der Waals surface area contributed by atoms with Crippen molar-refractivity contribution in [2.75, 3.05) is 45.9 Å². The number of hydrogen-bond donors (Lipinski definition) is 3. The number of aliphatic carboxylic acids is 2. The van der Waals surface area contributed by atoms with E-state index >= 15 is 0 Å². The summed E-state index contributed by atoms with van der Waals surface area (Å²) in [5, 5.41) is 24.4. The van der Waals surface area contributed by atoms with Gasteiger partial charge in [-0.1, -0.05) is 0 Å². The van der Waals surface area contributed by atoms with Crippen LogP contribution < -0.4 is 0 Å². The number of amides is 1. The van der Waals surface area contributed by atoms with Gasteiger partial charge in [-0.25, -0.2) is 14.4 Å². The Morgan fingerprint density at radius 3 is 1.91 bits per heavy atom. The average Bonchev–Trinajstić information content (AvgIpc) is 2.47. The van der Waals surface area contributed by atoms with Crippen LogP contribution in [0.25, 0.3) is 0 Å². The molecule has 1 saturated heterocycles. The number of aliphatic hydroxyl groups is 1. The predicted octanol–water partition coefficient (Wildman–Crippen LogP) is -0.535. The lowest BCUT2D eigenvalue weighted by molar-refractivity contribution is -0.134. The average molecular weight is 318 g/mol. The first-order valence-corrected chi connectivity index (χ1v) is 6.79. The molecule has 0 unspecified atom stereocenters. The Labute approximate surface area is 128 Å². The molecule has 9 nitrogen and oxygen atoms in total. The highest BCUT2D eigenvalue weighted by Crippen LogP contribution is 2.02. The molecule has 1 heterocycles. The summed E-state index contributed by atoms with van der Waals surface area (Å²) in [7, 11) is 0. The molecule has 0 saturated carbocycles. The Morgan fingerprint density at radius 2 is 1.55 bits per heavy atom. The molecule has 126 valence electrons. The zero-order valence-corrected chi connectivity index (χ0v) is 12.5. The molecule has 0 aromatic carbocycles. The van der Waals surface area contributed by atoms with Crippen molar-refractivity contribution in [1.82, 2.24) is 9.80 Å². The van der Waals surface area contributed by atoms with E-state index in [2.05, 4.69) is 4.90 Å². The van der Waals surface area contributed by atoms with Crippen LogP contribution in [0.3, 0.4) is 0 Å². The molecule has 1 aliphatic heterocycles. The Balaban J connectivity index is 0.000000472. The van der Waals surface area contributed by atoms with Gasteiger partial charge < -0.3 is 25.0 Å². The van der Waals surface area contributed by atoms with E-state index in [9.17, 15) is 14.4 Å². The summed E-state index contributed by atoms with van der Waals surface area (Å²) in [5.41, 5.74) is 0. The van der Waals surface area contributed by atoms with Gasteiger partial charge in [0.25, 0.3) is 0 Å². The van der Waals surface area contributed by atoms with E-state index < -0.39 is 11.9 Å². The summed E-state index contributed by atoms with van der Waals surface area (Å²) in [6.45, 7) is 6.13. The maximum Gasteiger partial charge on any atom is 0.409 e. The van der Waals surface area contributed by atoms with Crippen molar-refractivity contribution in [3.8, 4) is 0 Å². The third-order valence-corrected chi connectivity index (χ3v) is 2.68. The van der Waals surface area contributed by atoms with Crippen molar-refractivity contribution >= 4 is 18.0 Å². The minimum absolute atomic E-state index is 0.180. The highest BCUT2D eigenvalue weighted by atomic mass is 16.6. The highest BCUT2D eigenvalue weighted by molar-refractivity contribution is 5.89. The van der Waals surface area contributed by atoms with Gasteiger partial charge in [-0.15, -0.1) is 0 Å². The van der Waals surface area contributed by atoms with Crippen LogP contribution >= 0.6 is 0 Å². The van der Waals surface area contributed by atoms with Crippen molar-refractivity contribution in [1.29, 1.82) is 0 Å². The van der Waals surface area contributed by atoms with E-state index in [-0.39, 0.29) is 12.7 Å². The van der Waals surface area contributed by atoms with Crippen LogP contribution in [-0.2, 0) is 14.3 Å². The van der Waals surface area contributed by atoms with E-state index in [0.29, 0.717) is 38.4 Å². The molecule has 3 N–H and O–H groups in total. The molecule has 1 fully saturated rings. The number of rotatable bonds is 5. The second kappa shape index (κ2) is 11.5. The maximum atomic E-state index is 11.3. The van der Waals surface area contributed by atoms with Crippen LogP contribution in [0.15, 0.2) is 12.2 Å². The van der Waals surface area contributed by atoms with E-state index in [1.54, 1.807) is 11.8 Å². The van der Waals surface area contributed by atoms with Crippen molar-refractivity contribution in [3.63, 3.8) is 0 Å². The Morgan fingerprint density at radius 1 is 1.05 bits per heavy atom. The number of hydrogen-bond acceptors (Lipinski definition) is 6. The lowest BCUT2D eigenvalue weighted by Crippen LogP contribution is -2.49. The Kier molecular flexibility index (Phi) is 10.4. The van der Waals surface area contributed by atoms with Crippen LogP contribution in [0.1, 0.15) is 6.92 Å². The fourth-order valence-electron chi connectivity index (χ4n) is 1.65. The molecule has 0 bridgehead atoms. The fraction of sp³-hybridized carbons (Fsp3) is 0.615. The lowest BCUT2D eigenvalue weighted by Gasteiger charge is -2.33. The molecule has 0 aromatic rings. The number of carbonyl (C=O) groups is 3. The standard InChI is InChI=1S/C9H18N2O3.C4H4O4/c1-2-14-9(13)11-5-3-10(4-6-11)7-8-12;5-3(6)1-2-4(7)8/h12H,2-8H2,1H3;1-2H,(H,5,6)(H,7,8)/b;2-1+. The first-order valence-electron chi connectivity index (χ1n) is 6.79. The summed E-state index contributed by atoms with van der Waals surface area (Å²) in [6, 6.07) is 0. The number of aliphatic hydroxyl groups excluding tert-OH is 1. The largest absolute Gasteiger partial charge is 0.478 e. The van der Waals surface area contributed by atoms with Crippen molar-refractivity contribution in [3.05, 3.63) is 12.2 Å². The predicted molar refractivity (Wildman–Crippen MR) is 76.5 cm³/mol. The van der Waals surface area contributed by atoms with Crippen molar-refractivity contribution < 1.29 is 34.4 Å². The van der Waals surface area contributed by atoms with Crippen LogP contribution in [-0.4, -0.2) is 89.1 Å². The number of β-amino-alcohol motifs (C(OH)–C–C–N with tert-alkyl or cyclic N) is 1. The minimum Gasteiger partial charge on any atom is -0.478 e. The van der Waals surface area contributed by atoms with Crippen LogP contribution in [0.5, 0.6) is 0 Å². The Bertz CT molecular complexity index is 374. The SMILES string of the molecule is CCOC(=O)N1CCN(CCO)CC1.O=C(O)/C=C/C(=O)O. The van der Waals surface area contributed by atoms with Crippen molar-refractivity contribution in [2.45, 2.75) is 6.92 Å². The molecule has 0 aliphatic carbocycles. The van der Waals surface area contributed by atoms with Gasteiger partial charge in [-0.3, -0.25) is 4.90 Å². The van der Waals surface area contributed by atoms with Crippen LogP contribution in [0.2, 0.25) is 0 Å². The second-order valence-corrected chi connectivity index (χ2v) is 4.26. The van der Waals surface area contributed by atoms with Gasteiger partial charge in [-0.05, 0) is 6.92 Å². The Hall–Kier alpha value is -2.13. The van der Waals surface area contributed by atoms with Crippen LogP contribution in [0, 0.1) is 0 Å². The van der Waals surface area contributed by atoms with Gasteiger partial charge in [-0.2, -0.15) is 0 Å². The molecule has 0 spiro atoms. The third kappa shape index (κ3) is 9.72. The minimum atomic E-state index is -1.26. The molecule has 1 aliphatic rings. The smallest absolute Gasteiger partial charge is 0.409 e. The highest BCUT2D eigenvalue weighted by Gasteiger charge is 2.20. The molecular weight excluding hydrogens is 296 g/mol. The van der Waals surface area contributed by atoms with E-state index in [0.717, 1.165) is 13.1 Å². The molecule has 0 radical (unpaired) electrons. The summed E-state index contributed by atoms with van der Waals surface area (Å²) in [5.74, 6) is -2.51. The monoisotopic (exact) mass is 318 g/mol. The van der Waals surface area contributed by atoms with Gasteiger partial charge in [0, 0.05) is 44.9 Å². The zero-order valence-electron chi connectivity index (χ0n) is 12.5. The first kappa shape index (κ1) is 19.9. The van der Waals surface area contributed by atoms with E-state index in [4.69, 9.17) is 20.1 Å². The number of carboxylic acid groups (broad SMARTS) is 2. The van der Waals surface area contributed by atoms with Gasteiger partial charge in [0.05, 0.1) is 13.2 Å². The second-order valence-electron chi connectivity index (χ2n) is 4.26. The van der Waals surface area contributed by atoms with E-state index in [1.807, 2.05) is 0 Å². The molecule has 1 amide bonds. The normalized spacial score (nSPS) is 15.1.